The lowest BCUT2D eigenvalue weighted by Crippen LogP contribution is -2.37. The van der Waals surface area contributed by atoms with Crippen molar-refractivity contribution in [3.05, 3.63) is 100.0 Å². The molecule has 49 heavy (non-hydrogen) atoms. The molecule has 6 rings (SSSR count). The number of fused-ring (bicyclic) bond motifs is 1. The molecular formula is C37H35N3O7S2. The van der Waals surface area contributed by atoms with Gasteiger partial charge in [0.25, 0.3) is 11.8 Å². The number of ether oxygens (including phenoxy) is 4. The van der Waals surface area contributed by atoms with E-state index in [1.165, 1.54) is 9.91 Å². The Morgan fingerprint density at radius 3 is 2.04 bits per heavy atom. The fourth-order valence-corrected chi connectivity index (χ4v) is 7.37. The largest absolute Gasteiger partial charge is 0.497 e. The predicted octanol–water partition coefficient (Wildman–Crippen LogP) is 6.28. The van der Waals surface area contributed by atoms with Crippen molar-refractivity contribution < 1.29 is 33.3 Å². The molecule has 10 nitrogen and oxygen atoms in total. The first-order chi connectivity index (χ1) is 23.8. The highest BCUT2D eigenvalue weighted by atomic mass is 32.2. The van der Waals surface area contributed by atoms with Gasteiger partial charge in [0.1, 0.15) is 28.1 Å². The number of thiocarbonyl (C=S) groups is 1. The smallest absolute Gasteiger partial charge is 0.326 e. The van der Waals surface area contributed by atoms with Crippen LogP contribution in [0, 0.1) is 5.92 Å². The number of rotatable bonds is 10. The molecule has 2 unspecified atom stereocenters. The molecule has 0 radical (unpaired) electrons. The zero-order valence-corrected chi connectivity index (χ0v) is 28.9. The highest BCUT2D eigenvalue weighted by Gasteiger charge is 2.44. The lowest BCUT2D eigenvalue weighted by atomic mass is 9.77. The zero-order chi connectivity index (χ0) is 34.5. The van der Waals surface area contributed by atoms with Crippen molar-refractivity contribution in [3.8, 4) is 17.2 Å². The van der Waals surface area contributed by atoms with Crippen molar-refractivity contribution >= 4 is 63.9 Å². The van der Waals surface area contributed by atoms with Gasteiger partial charge in [0.05, 0.1) is 38.0 Å². The fourth-order valence-electron chi connectivity index (χ4n) is 6.11. The normalized spacial score (nSPS) is 20.3. The van der Waals surface area contributed by atoms with Gasteiger partial charge in [0.15, 0.2) is 6.61 Å². The van der Waals surface area contributed by atoms with Gasteiger partial charge >= 0.3 is 5.97 Å². The third-order valence-corrected chi connectivity index (χ3v) is 9.98. The van der Waals surface area contributed by atoms with E-state index in [2.05, 4.69) is 6.08 Å². The van der Waals surface area contributed by atoms with Crippen molar-refractivity contribution in [3.63, 3.8) is 0 Å². The molecule has 0 bridgehead atoms. The summed E-state index contributed by atoms with van der Waals surface area (Å²) in [6.45, 7) is -0.950. The van der Waals surface area contributed by atoms with E-state index in [9.17, 15) is 14.4 Å². The molecule has 2 heterocycles. The zero-order valence-electron chi connectivity index (χ0n) is 27.3. The summed E-state index contributed by atoms with van der Waals surface area (Å²) in [4.78, 5) is 41.4. The molecule has 3 aromatic rings. The predicted molar refractivity (Wildman–Crippen MR) is 192 cm³/mol. The summed E-state index contributed by atoms with van der Waals surface area (Å²) in [6.07, 6.45) is 6.42. The first-order valence-electron chi connectivity index (χ1n) is 15.7. The standard InChI is InChI=1S/C37H35N3O7S2/c1-44-27-13-7-23(8-14-27)19-26-5-4-6-30-34(26)38-40(35(30)25-11-17-29(46-3)18-12-25)32(41)22-47-33(42)21-39-36(43)31(49-37(39)48)20-24-9-15-28(45-2)16-10-24/h7-20,30,35H,4-6,21-22H2,1-3H3/b26-19+,31-20-. The van der Waals surface area contributed by atoms with Gasteiger partial charge in [-0.2, -0.15) is 5.10 Å². The molecular weight excluding hydrogens is 663 g/mol. The van der Waals surface area contributed by atoms with Crippen LogP contribution in [0.4, 0.5) is 0 Å². The maximum atomic E-state index is 13.8. The van der Waals surface area contributed by atoms with Crippen LogP contribution in [-0.4, -0.2) is 72.2 Å². The summed E-state index contributed by atoms with van der Waals surface area (Å²) in [5.41, 5.74) is 4.60. The van der Waals surface area contributed by atoms with Crippen LogP contribution in [-0.2, 0) is 19.1 Å². The number of hydrogen-bond donors (Lipinski definition) is 0. The van der Waals surface area contributed by atoms with Crippen LogP contribution in [0.15, 0.2) is 88.4 Å². The van der Waals surface area contributed by atoms with Crippen molar-refractivity contribution in [2.24, 2.45) is 11.0 Å². The van der Waals surface area contributed by atoms with Gasteiger partial charge in [-0.3, -0.25) is 19.3 Å². The first kappa shape index (κ1) is 33.9. The molecule has 0 spiro atoms. The van der Waals surface area contributed by atoms with Gasteiger partial charge in [0, 0.05) is 5.92 Å². The van der Waals surface area contributed by atoms with Crippen molar-refractivity contribution in [2.75, 3.05) is 34.5 Å². The quantitative estimate of drug-likeness (QED) is 0.138. The van der Waals surface area contributed by atoms with Crippen LogP contribution in [0.25, 0.3) is 12.2 Å². The molecule has 1 saturated carbocycles. The molecule has 252 valence electrons. The van der Waals surface area contributed by atoms with E-state index in [4.69, 9.17) is 36.3 Å². The summed E-state index contributed by atoms with van der Waals surface area (Å²) < 4.78 is 21.5. The highest BCUT2D eigenvalue weighted by molar-refractivity contribution is 8.26. The van der Waals surface area contributed by atoms with E-state index in [1.807, 2.05) is 60.7 Å². The molecule has 2 amide bonds. The second kappa shape index (κ2) is 15.1. The number of esters is 1. The average molecular weight is 698 g/mol. The van der Waals surface area contributed by atoms with E-state index >= 15 is 0 Å². The van der Waals surface area contributed by atoms with Crippen LogP contribution < -0.4 is 14.2 Å². The Hall–Kier alpha value is -4.94. The van der Waals surface area contributed by atoms with Gasteiger partial charge in [-0.25, -0.2) is 5.01 Å². The van der Waals surface area contributed by atoms with E-state index in [-0.39, 0.29) is 16.3 Å². The minimum absolute atomic E-state index is 0.0428. The third-order valence-electron chi connectivity index (χ3n) is 8.60. The number of nitrogens with zero attached hydrogens (tertiary/aromatic N) is 3. The monoisotopic (exact) mass is 697 g/mol. The fraction of sp³-hybridized carbons (Fsp3) is 0.270. The highest BCUT2D eigenvalue weighted by Crippen LogP contribution is 2.45. The number of thioether (sulfide) groups is 1. The SMILES string of the molecule is COc1ccc(/C=C2\SC(=S)N(CC(=O)OCC(=O)N3N=C4/C(=C/c5ccc(OC)cc5)CCCC4C3c3ccc(OC)cc3)C2=O)cc1. The summed E-state index contributed by atoms with van der Waals surface area (Å²) in [6, 6.07) is 22.2. The number of allylic oxidation sites excluding steroid dienone is 1. The van der Waals surface area contributed by atoms with Gasteiger partial charge < -0.3 is 18.9 Å². The molecule has 0 N–H and O–H groups in total. The van der Waals surface area contributed by atoms with E-state index in [0.717, 1.165) is 64.7 Å². The Labute approximate surface area is 294 Å². The van der Waals surface area contributed by atoms with Gasteiger partial charge in [-0.05, 0) is 90.1 Å². The second-order valence-electron chi connectivity index (χ2n) is 11.6. The molecule has 1 aliphatic carbocycles. The molecule has 3 aromatic carbocycles. The third kappa shape index (κ3) is 7.55. The molecule has 0 aromatic heterocycles. The number of carbonyl (C=O) groups excluding carboxylic acids is 3. The Balaban J connectivity index is 1.17. The minimum Gasteiger partial charge on any atom is -0.497 e. The number of methoxy groups -OCH3 is 3. The number of carbonyl (C=O) groups is 3. The number of amides is 2. The maximum absolute atomic E-state index is 13.8. The van der Waals surface area contributed by atoms with Gasteiger partial charge in [-0.15, -0.1) is 0 Å². The summed E-state index contributed by atoms with van der Waals surface area (Å²) in [5.74, 6) is 0.506. The molecule has 3 aliphatic rings. The molecule has 2 atom stereocenters. The van der Waals surface area contributed by atoms with E-state index < -0.39 is 30.9 Å². The molecule has 2 fully saturated rings. The molecule has 2 aliphatic heterocycles. The maximum Gasteiger partial charge on any atom is 0.326 e. The topological polar surface area (TPSA) is 107 Å². The first-order valence-corrected chi connectivity index (χ1v) is 16.9. The Bertz CT molecular complexity index is 1840. The summed E-state index contributed by atoms with van der Waals surface area (Å²) >= 11 is 6.50. The Morgan fingerprint density at radius 2 is 1.45 bits per heavy atom. The molecule has 12 heteroatoms. The van der Waals surface area contributed by atoms with Crippen LogP contribution in [0.5, 0.6) is 17.2 Å². The van der Waals surface area contributed by atoms with Crippen molar-refractivity contribution in [1.29, 1.82) is 0 Å². The molecule has 1 saturated heterocycles. The van der Waals surface area contributed by atoms with Gasteiger partial charge in [0.2, 0.25) is 0 Å². The van der Waals surface area contributed by atoms with E-state index in [0.29, 0.717) is 16.4 Å². The summed E-state index contributed by atoms with van der Waals surface area (Å²) in [5, 5.41) is 6.31. The van der Waals surface area contributed by atoms with Crippen LogP contribution >= 0.6 is 24.0 Å². The lowest BCUT2D eigenvalue weighted by molar-refractivity contribution is -0.154. The van der Waals surface area contributed by atoms with E-state index in [1.54, 1.807) is 39.5 Å². The van der Waals surface area contributed by atoms with Gasteiger partial charge in [-0.1, -0.05) is 60.4 Å². The average Bonchev–Trinajstić information content (AvgIpc) is 3.65. The van der Waals surface area contributed by atoms with Crippen LogP contribution in [0.2, 0.25) is 0 Å². The van der Waals surface area contributed by atoms with Crippen molar-refractivity contribution in [2.45, 2.75) is 25.3 Å². The van der Waals surface area contributed by atoms with Crippen molar-refractivity contribution in [1.82, 2.24) is 9.91 Å². The Kier molecular flexibility index (Phi) is 10.4. The number of hydrogen-bond acceptors (Lipinski definition) is 10. The Morgan fingerprint density at radius 1 is 0.878 bits per heavy atom. The lowest BCUT2D eigenvalue weighted by Gasteiger charge is -2.29. The second-order valence-corrected chi connectivity index (χ2v) is 13.3. The van der Waals surface area contributed by atoms with Crippen LogP contribution in [0.3, 0.4) is 0 Å². The minimum atomic E-state index is -0.749. The van der Waals surface area contributed by atoms with Crippen LogP contribution in [0.1, 0.15) is 42.0 Å². The summed E-state index contributed by atoms with van der Waals surface area (Å²) in [7, 11) is 4.81. The number of benzene rings is 3. The number of hydrazone groups is 1.